The molecule has 2 aromatic rings. The average molecular weight is 260 g/mol. The fraction of sp³-hybridized carbons (Fsp3) is 0.500. The number of rotatable bonds is 7. The Morgan fingerprint density at radius 3 is 2.74 bits per heavy atom. The molecule has 0 aliphatic carbocycles. The second kappa shape index (κ2) is 6.73. The smallest absolute Gasteiger partial charge is 0.0645 e. The summed E-state index contributed by atoms with van der Waals surface area (Å²) in [6.45, 7) is 7.52. The van der Waals surface area contributed by atoms with E-state index in [1.165, 1.54) is 16.5 Å². The number of ether oxygens (including phenoxy) is 1. The largest absolute Gasteiger partial charge is 0.380 e. The van der Waals surface area contributed by atoms with Crippen molar-refractivity contribution in [3.63, 3.8) is 0 Å². The molecule has 0 spiro atoms. The summed E-state index contributed by atoms with van der Waals surface area (Å²) < 4.78 is 7.93. The molecule has 2 N–H and O–H groups in total. The van der Waals surface area contributed by atoms with Gasteiger partial charge in [0.25, 0.3) is 0 Å². The van der Waals surface area contributed by atoms with Gasteiger partial charge in [-0.3, -0.25) is 0 Å². The number of nitrogens with zero attached hydrogens (tertiary/aromatic N) is 1. The number of aromatic nitrogens is 1. The van der Waals surface area contributed by atoms with E-state index < -0.39 is 0 Å². The van der Waals surface area contributed by atoms with E-state index in [1.807, 2.05) is 0 Å². The minimum atomic E-state index is 0.585. The van der Waals surface area contributed by atoms with Gasteiger partial charge in [-0.25, -0.2) is 0 Å². The molecule has 0 saturated heterocycles. The molecule has 1 aromatic carbocycles. The molecule has 0 saturated carbocycles. The van der Waals surface area contributed by atoms with Crippen molar-refractivity contribution in [1.29, 1.82) is 0 Å². The summed E-state index contributed by atoms with van der Waals surface area (Å²) >= 11 is 0. The molecule has 0 aliphatic rings. The lowest BCUT2D eigenvalue weighted by Gasteiger charge is -2.08. The average Bonchev–Trinajstić information content (AvgIpc) is 2.76. The Bertz CT molecular complexity index is 516. The number of nitrogens with two attached hydrogens (primary N) is 1. The van der Waals surface area contributed by atoms with Crippen LogP contribution in [0.2, 0.25) is 0 Å². The zero-order chi connectivity index (χ0) is 13.7. The zero-order valence-corrected chi connectivity index (χ0v) is 11.9. The highest BCUT2D eigenvalue weighted by atomic mass is 16.5. The summed E-state index contributed by atoms with van der Waals surface area (Å²) in [6.07, 6.45) is 3.27. The van der Waals surface area contributed by atoms with Crippen LogP contribution in [-0.4, -0.2) is 17.8 Å². The molecule has 1 heterocycles. The van der Waals surface area contributed by atoms with Gasteiger partial charge in [0.2, 0.25) is 0 Å². The van der Waals surface area contributed by atoms with Gasteiger partial charge >= 0.3 is 0 Å². The van der Waals surface area contributed by atoms with Gasteiger partial charge in [-0.1, -0.05) is 32.0 Å². The van der Waals surface area contributed by atoms with Gasteiger partial charge in [0.1, 0.15) is 0 Å². The molecule has 19 heavy (non-hydrogen) atoms. The molecule has 0 bridgehead atoms. The molecule has 0 fully saturated rings. The summed E-state index contributed by atoms with van der Waals surface area (Å²) in [6, 6.07) is 8.40. The molecule has 104 valence electrons. The van der Waals surface area contributed by atoms with E-state index in [-0.39, 0.29) is 0 Å². The van der Waals surface area contributed by atoms with E-state index in [1.54, 1.807) is 0 Å². The van der Waals surface area contributed by atoms with E-state index in [0.29, 0.717) is 12.5 Å². The maximum atomic E-state index is 5.79. The second-order valence-corrected chi connectivity index (χ2v) is 5.36. The van der Waals surface area contributed by atoms with Gasteiger partial charge in [-0.15, -0.1) is 0 Å². The standard InChI is InChI=1S/C16H24N2O/c1-13(2)7-9-19-10-8-18-12-14(11-17)15-5-3-4-6-16(15)18/h3-6,12-13H,7-11,17H2,1-2H3. The molecule has 0 amide bonds. The van der Waals surface area contributed by atoms with Crippen molar-refractivity contribution in [3.05, 3.63) is 36.0 Å². The van der Waals surface area contributed by atoms with Gasteiger partial charge in [-0.2, -0.15) is 0 Å². The summed E-state index contributed by atoms with van der Waals surface area (Å²) in [5.41, 5.74) is 8.25. The lowest BCUT2D eigenvalue weighted by Crippen LogP contribution is -2.07. The first-order valence-corrected chi connectivity index (χ1v) is 7.07. The van der Waals surface area contributed by atoms with Crippen LogP contribution in [0.15, 0.2) is 30.5 Å². The lowest BCUT2D eigenvalue weighted by atomic mass is 10.1. The van der Waals surface area contributed by atoms with Gasteiger partial charge in [0.15, 0.2) is 0 Å². The second-order valence-electron chi connectivity index (χ2n) is 5.36. The van der Waals surface area contributed by atoms with E-state index in [0.717, 1.165) is 26.2 Å². The maximum absolute atomic E-state index is 5.79. The van der Waals surface area contributed by atoms with Crippen molar-refractivity contribution in [2.24, 2.45) is 11.7 Å². The van der Waals surface area contributed by atoms with Crippen LogP contribution in [0.3, 0.4) is 0 Å². The van der Waals surface area contributed by atoms with Crippen molar-refractivity contribution in [2.75, 3.05) is 13.2 Å². The first kappa shape index (κ1) is 14.1. The number of hydrogen-bond donors (Lipinski definition) is 1. The monoisotopic (exact) mass is 260 g/mol. The third kappa shape index (κ3) is 3.58. The quantitative estimate of drug-likeness (QED) is 0.777. The number of para-hydroxylation sites is 1. The molecule has 0 unspecified atom stereocenters. The predicted molar refractivity (Wildman–Crippen MR) is 80.1 cm³/mol. The van der Waals surface area contributed by atoms with Crippen molar-refractivity contribution >= 4 is 10.9 Å². The number of benzene rings is 1. The molecule has 1 aromatic heterocycles. The highest BCUT2D eigenvalue weighted by Crippen LogP contribution is 2.20. The van der Waals surface area contributed by atoms with Crippen molar-refractivity contribution in [3.8, 4) is 0 Å². The van der Waals surface area contributed by atoms with Crippen LogP contribution in [0, 0.1) is 5.92 Å². The lowest BCUT2D eigenvalue weighted by molar-refractivity contribution is 0.117. The molecule has 0 aliphatic heterocycles. The Kier molecular flexibility index (Phi) is 5.00. The van der Waals surface area contributed by atoms with Crippen LogP contribution >= 0.6 is 0 Å². The topological polar surface area (TPSA) is 40.2 Å². The van der Waals surface area contributed by atoms with Crippen molar-refractivity contribution in [1.82, 2.24) is 4.57 Å². The van der Waals surface area contributed by atoms with Crippen LogP contribution in [0.25, 0.3) is 10.9 Å². The third-order valence-corrected chi connectivity index (χ3v) is 3.41. The number of hydrogen-bond acceptors (Lipinski definition) is 2. The highest BCUT2D eigenvalue weighted by Gasteiger charge is 2.06. The molecule has 0 radical (unpaired) electrons. The Labute approximate surface area is 115 Å². The summed E-state index contributed by atoms with van der Waals surface area (Å²) in [5.74, 6) is 0.705. The molecular formula is C16H24N2O. The first-order valence-electron chi connectivity index (χ1n) is 7.07. The maximum Gasteiger partial charge on any atom is 0.0645 e. The Morgan fingerprint density at radius 2 is 2.00 bits per heavy atom. The van der Waals surface area contributed by atoms with E-state index in [4.69, 9.17) is 10.5 Å². The van der Waals surface area contributed by atoms with Crippen molar-refractivity contribution in [2.45, 2.75) is 33.4 Å². The van der Waals surface area contributed by atoms with Gasteiger partial charge in [-0.05, 0) is 24.0 Å². The van der Waals surface area contributed by atoms with Gasteiger partial charge < -0.3 is 15.0 Å². The molecule has 2 rings (SSSR count). The van der Waals surface area contributed by atoms with Crippen LogP contribution in [-0.2, 0) is 17.8 Å². The van der Waals surface area contributed by atoms with Crippen LogP contribution in [0.5, 0.6) is 0 Å². The fourth-order valence-electron chi connectivity index (χ4n) is 2.25. The zero-order valence-electron chi connectivity index (χ0n) is 11.9. The Hall–Kier alpha value is -1.32. The number of fused-ring (bicyclic) bond motifs is 1. The van der Waals surface area contributed by atoms with Crippen LogP contribution in [0.1, 0.15) is 25.8 Å². The Balaban J connectivity index is 1.97. The molecule has 3 nitrogen and oxygen atoms in total. The van der Waals surface area contributed by atoms with Gasteiger partial charge in [0.05, 0.1) is 6.61 Å². The minimum absolute atomic E-state index is 0.585. The summed E-state index contributed by atoms with van der Waals surface area (Å²) in [7, 11) is 0. The first-order chi connectivity index (χ1) is 9.22. The summed E-state index contributed by atoms with van der Waals surface area (Å²) in [5, 5.41) is 1.26. The van der Waals surface area contributed by atoms with Gasteiger partial charge in [0, 0.05) is 36.8 Å². The SMILES string of the molecule is CC(C)CCOCCn1cc(CN)c2ccccc21. The normalized spacial score (nSPS) is 11.6. The predicted octanol–water partition coefficient (Wildman–Crippen LogP) is 3.16. The van der Waals surface area contributed by atoms with E-state index in [2.05, 4.69) is 48.9 Å². The molecule has 0 atom stereocenters. The summed E-state index contributed by atoms with van der Waals surface area (Å²) in [4.78, 5) is 0. The van der Waals surface area contributed by atoms with Crippen molar-refractivity contribution < 1.29 is 4.74 Å². The Morgan fingerprint density at radius 1 is 1.21 bits per heavy atom. The van der Waals surface area contributed by atoms with E-state index in [9.17, 15) is 0 Å². The minimum Gasteiger partial charge on any atom is -0.380 e. The van der Waals surface area contributed by atoms with Crippen LogP contribution < -0.4 is 5.73 Å². The molecule has 3 heteroatoms. The van der Waals surface area contributed by atoms with E-state index >= 15 is 0 Å². The fourth-order valence-corrected chi connectivity index (χ4v) is 2.25. The van der Waals surface area contributed by atoms with Crippen LogP contribution in [0.4, 0.5) is 0 Å². The third-order valence-electron chi connectivity index (χ3n) is 3.41. The highest BCUT2D eigenvalue weighted by molar-refractivity contribution is 5.83. The molecular weight excluding hydrogens is 236 g/mol.